The highest BCUT2D eigenvalue weighted by Crippen LogP contribution is 2.17. The van der Waals surface area contributed by atoms with Gasteiger partial charge in [-0.25, -0.2) is 4.79 Å². The number of carboxylic acid groups (broad SMARTS) is 1. The van der Waals surface area contributed by atoms with Crippen molar-refractivity contribution in [3.05, 3.63) is 58.4 Å². The van der Waals surface area contributed by atoms with Gasteiger partial charge in [0.2, 0.25) is 0 Å². The first kappa shape index (κ1) is 13.7. The summed E-state index contributed by atoms with van der Waals surface area (Å²) in [7, 11) is 0. The van der Waals surface area contributed by atoms with Gasteiger partial charge in [0.05, 0.1) is 5.56 Å². The molecule has 0 amide bonds. The second-order valence-electron chi connectivity index (χ2n) is 4.49. The summed E-state index contributed by atoms with van der Waals surface area (Å²) in [6, 6.07) is 9.27. The Morgan fingerprint density at radius 3 is 2.53 bits per heavy atom. The molecule has 2 aromatic rings. The molecule has 0 atom stereocenters. The van der Waals surface area contributed by atoms with Crippen LogP contribution in [-0.2, 0) is 13.0 Å². The van der Waals surface area contributed by atoms with Gasteiger partial charge < -0.3 is 9.67 Å². The first-order valence-corrected chi connectivity index (χ1v) is 6.65. The fourth-order valence-electron chi connectivity index (χ4n) is 2.15. The fourth-order valence-corrected chi connectivity index (χ4v) is 2.28. The van der Waals surface area contributed by atoms with E-state index in [1.807, 2.05) is 42.0 Å². The number of aromatic carboxylic acids is 1. The molecule has 19 heavy (non-hydrogen) atoms. The molecule has 0 saturated heterocycles. The number of hydrogen-bond acceptors (Lipinski definition) is 1. The van der Waals surface area contributed by atoms with Crippen LogP contribution in [0.1, 0.15) is 35.0 Å². The Morgan fingerprint density at radius 1 is 1.26 bits per heavy atom. The number of halogens is 1. The van der Waals surface area contributed by atoms with Gasteiger partial charge in [0.25, 0.3) is 0 Å². The zero-order valence-corrected chi connectivity index (χ0v) is 11.5. The summed E-state index contributed by atoms with van der Waals surface area (Å²) >= 11 is 5.86. The van der Waals surface area contributed by atoms with Crippen LogP contribution in [0.3, 0.4) is 0 Å². The molecule has 1 aromatic carbocycles. The van der Waals surface area contributed by atoms with E-state index < -0.39 is 5.97 Å². The van der Waals surface area contributed by atoms with E-state index in [0.717, 1.165) is 24.1 Å². The van der Waals surface area contributed by atoms with Crippen LogP contribution in [0.5, 0.6) is 0 Å². The average Bonchev–Trinajstić information content (AvgIpc) is 2.76. The number of carbonyl (C=O) groups is 1. The molecule has 0 spiro atoms. The van der Waals surface area contributed by atoms with Crippen molar-refractivity contribution in [1.82, 2.24) is 4.57 Å². The third-order valence-electron chi connectivity index (χ3n) is 3.06. The van der Waals surface area contributed by atoms with Crippen molar-refractivity contribution in [2.75, 3.05) is 0 Å². The lowest BCUT2D eigenvalue weighted by Crippen LogP contribution is -2.07. The fraction of sp³-hybridized carbons (Fsp3) is 0.267. The molecule has 0 bridgehead atoms. The van der Waals surface area contributed by atoms with Crippen LogP contribution in [-0.4, -0.2) is 15.6 Å². The standard InChI is InChI=1S/C15H16ClNO2/c1-2-3-14-13(15(18)19)8-9-17(14)10-11-4-6-12(16)7-5-11/h4-9H,2-3,10H2,1H3,(H,18,19). The summed E-state index contributed by atoms with van der Waals surface area (Å²) in [5, 5.41) is 9.88. The Kier molecular flexibility index (Phi) is 4.27. The van der Waals surface area contributed by atoms with E-state index >= 15 is 0 Å². The van der Waals surface area contributed by atoms with Gasteiger partial charge in [0, 0.05) is 23.5 Å². The van der Waals surface area contributed by atoms with Gasteiger partial charge in [-0.15, -0.1) is 0 Å². The lowest BCUT2D eigenvalue weighted by molar-refractivity contribution is 0.0695. The molecular weight excluding hydrogens is 262 g/mol. The topological polar surface area (TPSA) is 42.2 Å². The van der Waals surface area contributed by atoms with Crippen LogP contribution < -0.4 is 0 Å². The van der Waals surface area contributed by atoms with Crippen molar-refractivity contribution in [3.63, 3.8) is 0 Å². The molecule has 0 unspecified atom stereocenters. The van der Waals surface area contributed by atoms with E-state index in [2.05, 4.69) is 0 Å². The normalized spacial score (nSPS) is 10.6. The van der Waals surface area contributed by atoms with Crippen molar-refractivity contribution < 1.29 is 9.90 Å². The minimum absolute atomic E-state index is 0.399. The Bertz CT molecular complexity index is 572. The maximum atomic E-state index is 11.2. The molecule has 0 aliphatic rings. The second kappa shape index (κ2) is 5.93. The first-order chi connectivity index (χ1) is 9.11. The highest BCUT2D eigenvalue weighted by atomic mass is 35.5. The zero-order valence-electron chi connectivity index (χ0n) is 10.8. The van der Waals surface area contributed by atoms with Gasteiger partial charge in [0.15, 0.2) is 0 Å². The molecule has 1 heterocycles. The molecule has 0 saturated carbocycles. The van der Waals surface area contributed by atoms with Crippen LogP contribution in [0.4, 0.5) is 0 Å². The molecule has 0 fully saturated rings. The largest absolute Gasteiger partial charge is 0.478 e. The smallest absolute Gasteiger partial charge is 0.337 e. The van der Waals surface area contributed by atoms with Crippen molar-refractivity contribution in [1.29, 1.82) is 0 Å². The Morgan fingerprint density at radius 2 is 1.95 bits per heavy atom. The van der Waals surface area contributed by atoms with Crippen LogP contribution in [0.15, 0.2) is 36.5 Å². The number of carboxylic acids is 1. The third kappa shape index (κ3) is 3.18. The van der Waals surface area contributed by atoms with Gasteiger partial charge in [0.1, 0.15) is 0 Å². The van der Waals surface area contributed by atoms with Crippen molar-refractivity contribution >= 4 is 17.6 Å². The SMILES string of the molecule is CCCc1c(C(=O)O)ccn1Cc1ccc(Cl)cc1. The summed E-state index contributed by atoms with van der Waals surface area (Å²) in [6.45, 7) is 2.71. The summed E-state index contributed by atoms with van der Waals surface area (Å²) < 4.78 is 2.00. The van der Waals surface area contributed by atoms with Crippen molar-refractivity contribution in [3.8, 4) is 0 Å². The third-order valence-corrected chi connectivity index (χ3v) is 3.31. The van der Waals surface area contributed by atoms with Crippen molar-refractivity contribution in [2.45, 2.75) is 26.3 Å². The van der Waals surface area contributed by atoms with Gasteiger partial charge >= 0.3 is 5.97 Å². The minimum Gasteiger partial charge on any atom is -0.478 e. The molecule has 1 N–H and O–H groups in total. The molecule has 100 valence electrons. The van der Waals surface area contributed by atoms with Crippen molar-refractivity contribution in [2.24, 2.45) is 0 Å². The maximum absolute atomic E-state index is 11.2. The summed E-state index contributed by atoms with van der Waals surface area (Å²) in [5.41, 5.74) is 2.38. The number of benzene rings is 1. The predicted molar refractivity (Wildman–Crippen MR) is 75.9 cm³/mol. The van der Waals surface area contributed by atoms with E-state index in [9.17, 15) is 9.90 Å². The summed E-state index contributed by atoms with van der Waals surface area (Å²) in [4.78, 5) is 11.2. The van der Waals surface area contributed by atoms with Gasteiger partial charge in [-0.3, -0.25) is 0 Å². The molecule has 3 nitrogen and oxygen atoms in total. The highest BCUT2D eigenvalue weighted by Gasteiger charge is 2.14. The van der Waals surface area contributed by atoms with E-state index in [1.54, 1.807) is 6.07 Å². The zero-order chi connectivity index (χ0) is 13.8. The van der Waals surface area contributed by atoms with Crippen LogP contribution in [0, 0.1) is 0 Å². The summed E-state index contributed by atoms with van der Waals surface area (Å²) in [5.74, 6) is -0.863. The molecule has 4 heteroatoms. The summed E-state index contributed by atoms with van der Waals surface area (Å²) in [6.07, 6.45) is 3.52. The number of hydrogen-bond donors (Lipinski definition) is 1. The molecular formula is C15H16ClNO2. The Hall–Kier alpha value is -1.74. The highest BCUT2D eigenvalue weighted by molar-refractivity contribution is 6.30. The molecule has 0 radical (unpaired) electrons. The lowest BCUT2D eigenvalue weighted by Gasteiger charge is -2.10. The number of nitrogens with zero attached hydrogens (tertiary/aromatic N) is 1. The number of rotatable bonds is 5. The molecule has 0 aliphatic heterocycles. The quantitative estimate of drug-likeness (QED) is 0.902. The second-order valence-corrected chi connectivity index (χ2v) is 4.92. The maximum Gasteiger partial charge on any atom is 0.337 e. The number of aromatic nitrogens is 1. The van der Waals surface area contributed by atoms with Gasteiger partial charge in [-0.2, -0.15) is 0 Å². The van der Waals surface area contributed by atoms with E-state index in [4.69, 9.17) is 11.6 Å². The first-order valence-electron chi connectivity index (χ1n) is 6.27. The Balaban J connectivity index is 2.29. The lowest BCUT2D eigenvalue weighted by atomic mass is 10.1. The molecule has 1 aromatic heterocycles. The monoisotopic (exact) mass is 277 g/mol. The van der Waals surface area contributed by atoms with E-state index in [1.165, 1.54) is 0 Å². The average molecular weight is 278 g/mol. The van der Waals surface area contributed by atoms with Gasteiger partial charge in [-0.05, 0) is 30.2 Å². The van der Waals surface area contributed by atoms with E-state index in [0.29, 0.717) is 17.1 Å². The van der Waals surface area contributed by atoms with Crippen LogP contribution in [0.25, 0.3) is 0 Å². The van der Waals surface area contributed by atoms with Crippen LogP contribution in [0.2, 0.25) is 5.02 Å². The molecule has 2 rings (SSSR count). The van der Waals surface area contributed by atoms with E-state index in [-0.39, 0.29) is 0 Å². The minimum atomic E-state index is -0.863. The predicted octanol–water partition coefficient (Wildman–Crippen LogP) is 3.84. The Labute approximate surface area is 117 Å². The van der Waals surface area contributed by atoms with Crippen LogP contribution >= 0.6 is 11.6 Å². The molecule has 0 aliphatic carbocycles. The van der Waals surface area contributed by atoms with Gasteiger partial charge in [-0.1, -0.05) is 37.1 Å².